The van der Waals surface area contributed by atoms with Crippen molar-refractivity contribution in [2.75, 3.05) is 0 Å². The molecule has 77 valence electrons. The van der Waals surface area contributed by atoms with Gasteiger partial charge in [-0.05, 0) is 30.5 Å². The molecule has 1 radical (unpaired) electrons. The first-order chi connectivity index (χ1) is 7.34. The molecule has 1 heterocycles. The minimum absolute atomic E-state index is 0.193. The Kier molecular flexibility index (Phi) is 3.12. The third kappa shape index (κ3) is 2.91. The van der Waals surface area contributed by atoms with E-state index in [0.29, 0.717) is 0 Å². The van der Waals surface area contributed by atoms with Crippen LogP contribution in [0.1, 0.15) is 12.0 Å². The van der Waals surface area contributed by atoms with Gasteiger partial charge in [0.1, 0.15) is 5.82 Å². The van der Waals surface area contributed by atoms with Crippen molar-refractivity contribution in [2.45, 2.75) is 13.0 Å². The Labute approximate surface area is 88.4 Å². The van der Waals surface area contributed by atoms with Gasteiger partial charge >= 0.3 is 0 Å². The van der Waals surface area contributed by atoms with Crippen LogP contribution in [0.25, 0.3) is 0 Å². The van der Waals surface area contributed by atoms with Gasteiger partial charge < -0.3 is 4.57 Å². The largest absolute Gasteiger partial charge is 0.337 e. The summed E-state index contributed by atoms with van der Waals surface area (Å²) in [6, 6.07) is 6.51. The second kappa shape index (κ2) is 4.73. The highest BCUT2D eigenvalue weighted by molar-refractivity contribution is 5.22. The highest BCUT2D eigenvalue weighted by atomic mass is 19.1. The molecule has 15 heavy (non-hydrogen) atoms. The maximum atomic E-state index is 12.6. The summed E-state index contributed by atoms with van der Waals surface area (Å²) in [4.78, 5) is 3.96. The quantitative estimate of drug-likeness (QED) is 0.747. The van der Waals surface area contributed by atoms with E-state index in [9.17, 15) is 4.39 Å². The van der Waals surface area contributed by atoms with Gasteiger partial charge in [0, 0.05) is 18.9 Å². The summed E-state index contributed by atoms with van der Waals surface area (Å²) in [6.45, 7) is 0.900. The van der Waals surface area contributed by atoms with Crippen LogP contribution in [0, 0.1) is 12.2 Å². The summed E-state index contributed by atoms with van der Waals surface area (Å²) < 4.78 is 14.6. The summed E-state index contributed by atoms with van der Waals surface area (Å²) in [5.41, 5.74) is 1.05. The fraction of sp³-hybridized carbons (Fsp3) is 0.167. The maximum absolute atomic E-state index is 12.6. The molecule has 1 aromatic heterocycles. The van der Waals surface area contributed by atoms with Crippen molar-refractivity contribution in [1.82, 2.24) is 9.55 Å². The molecule has 2 aromatic rings. The number of benzene rings is 1. The van der Waals surface area contributed by atoms with Gasteiger partial charge in [-0.1, -0.05) is 12.1 Å². The zero-order chi connectivity index (χ0) is 10.5. The van der Waals surface area contributed by atoms with Crippen molar-refractivity contribution in [2.24, 2.45) is 0 Å². The lowest BCUT2D eigenvalue weighted by atomic mass is 10.1. The van der Waals surface area contributed by atoms with Crippen LogP contribution in [0.5, 0.6) is 0 Å². The summed E-state index contributed by atoms with van der Waals surface area (Å²) in [6.07, 6.45) is 8.48. The number of aromatic nitrogens is 2. The van der Waals surface area contributed by atoms with E-state index in [1.54, 1.807) is 24.7 Å². The molecule has 0 atom stereocenters. The molecule has 0 saturated carbocycles. The Balaban J connectivity index is 1.81. The van der Waals surface area contributed by atoms with E-state index in [4.69, 9.17) is 0 Å². The zero-order valence-electron chi connectivity index (χ0n) is 8.31. The zero-order valence-corrected chi connectivity index (χ0v) is 8.31. The lowest BCUT2D eigenvalue weighted by Gasteiger charge is -2.02. The average Bonchev–Trinajstić information content (AvgIpc) is 2.74. The van der Waals surface area contributed by atoms with E-state index >= 15 is 0 Å². The van der Waals surface area contributed by atoms with Gasteiger partial charge in [0.2, 0.25) is 0 Å². The lowest BCUT2D eigenvalue weighted by molar-refractivity contribution is 0.627. The van der Waals surface area contributed by atoms with Crippen molar-refractivity contribution in [3.8, 4) is 0 Å². The second-order valence-electron chi connectivity index (χ2n) is 3.34. The van der Waals surface area contributed by atoms with Gasteiger partial charge in [-0.3, -0.25) is 0 Å². The number of halogens is 1. The maximum Gasteiger partial charge on any atom is 0.123 e. The highest BCUT2D eigenvalue weighted by Gasteiger charge is 1.95. The van der Waals surface area contributed by atoms with Crippen molar-refractivity contribution in [3.05, 3.63) is 60.8 Å². The number of hydrogen-bond acceptors (Lipinski definition) is 1. The fourth-order valence-electron chi connectivity index (χ4n) is 1.40. The summed E-state index contributed by atoms with van der Waals surface area (Å²) >= 11 is 0. The normalized spacial score (nSPS) is 10.5. The Bertz CT molecular complexity index is 392. The van der Waals surface area contributed by atoms with E-state index in [2.05, 4.69) is 11.4 Å². The number of imidazole rings is 1. The third-order valence-corrected chi connectivity index (χ3v) is 2.20. The molecule has 0 N–H and O–H groups in total. The molecule has 1 aromatic carbocycles. The molecule has 0 aliphatic heterocycles. The van der Waals surface area contributed by atoms with Crippen LogP contribution in [0.3, 0.4) is 0 Å². The Hall–Kier alpha value is -1.64. The minimum atomic E-state index is -0.193. The van der Waals surface area contributed by atoms with Crippen LogP contribution >= 0.6 is 0 Å². The van der Waals surface area contributed by atoms with Crippen LogP contribution < -0.4 is 0 Å². The van der Waals surface area contributed by atoms with Crippen LogP contribution in [-0.2, 0) is 6.54 Å². The fourth-order valence-corrected chi connectivity index (χ4v) is 1.40. The number of hydrogen-bond donors (Lipinski definition) is 0. The van der Waals surface area contributed by atoms with Gasteiger partial charge in [0.15, 0.2) is 0 Å². The lowest BCUT2D eigenvalue weighted by Crippen LogP contribution is -1.95. The van der Waals surface area contributed by atoms with Crippen molar-refractivity contribution < 1.29 is 4.39 Å². The molecule has 2 rings (SSSR count). The molecule has 2 nitrogen and oxygen atoms in total. The Morgan fingerprint density at radius 1 is 1.27 bits per heavy atom. The summed E-state index contributed by atoms with van der Waals surface area (Å²) in [5.74, 6) is -0.193. The predicted octanol–water partition coefficient (Wildman–Crippen LogP) is 2.66. The molecular weight excluding hydrogens is 191 g/mol. The molecule has 0 unspecified atom stereocenters. The van der Waals surface area contributed by atoms with E-state index in [-0.39, 0.29) is 5.82 Å². The van der Waals surface area contributed by atoms with E-state index in [0.717, 1.165) is 18.5 Å². The van der Waals surface area contributed by atoms with E-state index in [1.165, 1.54) is 12.1 Å². The van der Waals surface area contributed by atoms with Gasteiger partial charge in [-0.2, -0.15) is 0 Å². The third-order valence-electron chi connectivity index (χ3n) is 2.20. The second-order valence-corrected chi connectivity index (χ2v) is 3.34. The predicted molar refractivity (Wildman–Crippen MR) is 56.6 cm³/mol. The first kappa shape index (κ1) is 9.90. The van der Waals surface area contributed by atoms with Crippen LogP contribution in [0.4, 0.5) is 4.39 Å². The monoisotopic (exact) mass is 203 g/mol. The molecule has 0 aliphatic carbocycles. The Morgan fingerprint density at radius 3 is 2.73 bits per heavy atom. The number of aryl methyl sites for hydroxylation is 1. The van der Waals surface area contributed by atoms with Crippen molar-refractivity contribution in [1.29, 1.82) is 0 Å². The number of rotatable bonds is 4. The van der Waals surface area contributed by atoms with Crippen LogP contribution in [0.15, 0.2) is 43.0 Å². The molecule has 3 heteroatoms. The minimum Gasteiger partial charge on any atom is -0.337 e. The van der Waals surface area contributed by atoms with Crippen molar-refractivity contribution in [3.63, 3.8) is 0 Å². The van der Waals surface area contributed by atoms with Gasteiger partial charge in [-0.15, -0.1) is 0 Å². The Morgan fingerprint density at radius 2 is 2.07 bits per heavy atom. The molecule has 0 fully saturated rings. The average molecular weight is 203 g/mol. The SMILES string of the molecule is Fc1ccc([CH]CCn2ccnc2)cc1. The van der Waals surface area contributed by atoms with E-state index in [1.807, 2.05) is 10.8 Å². The molecule has 0 saturated heterocycles. The van der Waals surface area contributed by atoms with Gasteiger partial charge in [0.25, 0.3) is 0 Å². The van der Waals surface area contributed by atoms with Crippen LogP contribution in [0.2, 0.25) is 0 Å². The highest BCUT2D eigenvalue weighted by Crippen LogP contribution is 2.08. The first-order valence-corrected chi connectivity index (χ1v) is 4.89. The number of nitrogens with zero attached hydrogens (tertiary/aromatic N) is 2. The van der Waals surface area contributed by atoms with Gasteiger partial charge in [0.05, 0.1) is 6.33 Å². The van der Waals surface area contributed by atoms with E-state index < -0.39 is 0 Å². The molecule has 0 spiro atoms. The summed E-state index contributed by atoms with van der Waals surface area (Å²) in [5, 5.41) is 0. The first-order valence-electron chi connectivity index (χ1n) is 4.89. The molecule has 0 bridgehead atoms. The smallest absolute Gasteiger partial charge is 0.123 e. The summed E-state index contributed by atoms with van der Waals surface area (Å²) in [7, 11) is 0. The van der Waals surface area contributed by atoms with Gasteiger partial charge in [-0.25, -0.2) is 9.37 Å². The topological polar surface area (TPSA) is 17.8 Å². The molecular formula is C12H12FN2. The molecule has 0 aliphatic rings. The standard InChI is InChI=1S/C12H12FN2/c13-12-5-3-11(4-6-12)2-1-8-15-9-7-14-10-15/h2-7,9-10H,1,8H2. The van der Waals surface area contributed by atoms with Crippen molar-refractivity contribution >= 4 is 0 Å². The molecule has 0 amide bonds. The van der Waals surface area contributed by atoms with Crippen LogP contribution in [-0.4, -0.2) is 9.55 Å².